The maximum absolute atomic E-state index is 13.9. The van der Waals surface area contributed by atoms with Crippen molar-refractivity contribution in [1.29, 1.82) is 0 Å². The normalized spacial score (nSPS) is 21.4. The smallest absolute Gasteiger partial charge is 0.269 e. The van der Waals surface area contributed by atoms with Gasteiger partial charge in [0.25, 0.3) is 15.9 Å². The molecule has 2 aromatic carbocycles. The highest BCUT2D eigenvalue weighted by Crippen LogP contribution is 2.32. The molecule has 1 saturated carbocycles. The second kappa shape index (κ2) is 11.4. The number of nitrogens with one attached hydrogen (secondary N) is 1. The fourth-order valence-electron chi connectivity index (χ4n) is 5.60. The van der Waals surface area contributed by atoms with Gasteiger partial charge < -0.3 is 15.0 Å². The molecule has 11 heteroatoms. The van der Waals surface area contributed by atoms with E-state index in [1.165, 1.54) is 47.4 Å². The molecule has 5 rings (SSSR count). The SMILES string of the molecule is O=C(NC1CCCCC1)C(c1ccc(F)cc1)N(CC1CCOC1)C(=O)CN1C(=O)c2ccccc2S1(=O)=O. The summed E-state index contributed by atoms with van der Waals surface area (Å²) >= 11 is 0. The van der Waals surface area contributed by atoms with Crippen molar-refractivity contribution in [3.63, 3.8) is 0 Å². The van der Waals surface area contributed by atoms with Crippen LogP contribution in [0.2, 0.25) is 0 Å². The van der Waals surface area contributed by atoms with E-state index in [1.807, 2.05) is 0 Å². The largest absolute Gasteiger partial charge is 0.381 e. The average molecular weight is 558 g/mol. The lowest BCUT2D eigenvalue weighted by Gasteiger charge is -2.35. The number of hydrogen-bond acceptors (Lipinski definition) is 6. The van der Waals surface area contributed by atoms with Gasteiger partial charge in [-0.3, -0.25) is 14.4 Å². The molecule has 0 radical (unpaired) electrons. The van der Waals surface area contributed by atoms with E-state index in [2.05, 4.69) is 5.32 Å². The first-order chi connectivity index (χ1) is 18.8. The Labute approximate surface area is 227 Å². The summed E-state index contributed by atoms with van der Waals surface area (Å²) in [5, 5.41) is 3.07. The highest BCUT2D eigenvalue weighted by atomic mass is 32.2. The second-order valence-electron chi connectivity index (χ2n) is 10.4. The lowest BCUT2D eigenvalue weighted by atomic mass is 9.94. The first-order valence-corrected chi connectivity index (χ1v) is 14.8. The molecule has 208 valence electrons. The number of halogens is 1. The Kier molecular flexibility index (Phi) is 7.99. The van der Waals surface area contributed by atoms with Crippen molar-refractivity contribution in [3.8, 4) is 0 Å². The zero-order valence-electron chi connectivity index (χ0n) is 21.6. The van der Waals surface area contributed by atoms with Crippen molar-refractivity contribution in [3.05, 3.63) is 65.5 Å². The number of carbonyl (C=O) groups is 3. The van der Waals surface area contributed by atoms with Crippen LogP contribution in [0, 0.1) is 11.7 Å². The Hall–Kier alpha value is -3.31. The first kappa shape index (κ1) is 27.3. The van der Waals surface area contributed by atoms with Crippen LogP contribution in [0.4, 0.5) is 4.39 Å². The summed E-state index contributed by atoms with van der Waals surface area (Å²) in [5.41, 5.74) is 0.405. The Balaban J connectivity index is 1.48. The summed E-state index contributed by atoms with van der Waals surface area (Å²) < 4.78 is 46.2. The van der Waals surface area contributed by atoms with Gasteiger partial charge in [-0.2, -0.15) is 0 Å². The van der Waals surface area contributed by atoms with Crippen LogP contribution in [0.15, 0.2) is 53.4 Å². The minimum Gasteiger partial charge on any atom is -0.381 e. The topological polar surface area (TPSA) is 113 Å². The van der Waals surface area contributed by atoms with Gasteiger partial charge in [-0.15, -0.1) is 0 Å². The molecule has 0 bridgehead atoms. The van der Waals surface area contributed by atoms with E-state index in [9.17, 15) is 27.2 Å². The Morgan fingerprint density at radius 2 is 1.77 bits per heavy atom. The van der Waals surface area contributed by atoms with Crippen LogP contribution in [0.5, 0.6) is 0 Å². The molecule has 2 heterocycles. The van der Waals surface area contributed by atoms with E-state index in [1.54, 1.807) is 6.07 Å². The first-order valence-electron chi connectivity index (χ1n) is 13.3. The number of carbonyl (C=O) groups excluding carboxylic acids is 3. The molecular weight excluding hydrogens is 525 g/mol. The standard InChI is InChI=1S/C28H32FN3O6S/c29-21-12-10-20(11-13-21)26(27(34)30-22-6-2-1-3-7-22)31(16-19-14-15-38-18-19)25(33)17-32-28(35)23-8-4-5-9-24(23)39(32,36)37/h4-5,8-13,19,22,26H,1-3,6-7,14-18H2,(H,30,34). The van der Waals surface area contributed by atoms with E-state index in [4.69, 9.17) is 4.74 Å². The third-order valence-corrected chi connectivity index (χ3v) is 9.47. The van der Waals surface area contributed by atoms with Gasteiger partial charge in [-0.1, -0.05) is 43.5 Å². The molecule has 1 N–H and O–H groups in total. The molecule has 9 nitrogen and oxygen atoms in total. The maximum atomic E-state index is 13.9. The van der Waals surface area contributed by atoms with Gasteiger partial charge >= 0.3 is 0 Å². The number of ether oxygens (including phenoxy) is 1. The number of benzene rings is 2. The van der Waals surface area contributed by atoms with Crippen molar-refractivity contribution >= 4 is 27.7 Å². The molecule has 1 saturated heterocycles. The van der Waals surface area contributed by atoms with Crippen LogP contribution < -0.4 is 5.32 Å². The Morgan fingerprint density at radius 3 is 2.44 bits per heavy atom. The average Bonchev–Trinajstić information content (AvgIpc) is 3.51. The van der Waals surface area contributed by atoms with Crippen molar-refractivity contribution in [2.75, 3.05) is 26.3 Å². The summed E-state index contributed by atoms with van der Waals surface area (Å²) in [6.07, 6.45) is 5.39. The van der Waals surface area contributed by atoms with E-state index >= 15 is 0 Å². The van der Waals surface area contributed by atoms with Gasteiger partial charge in [0.15, 0.2) is 0 Å². The molecular formula is C28H32FN3O6S. The van der Waals surface area contributed by atoms with Gasteiger partial charge in [0.1, 0.15) is 23.3 Å². The monoisotopic (exact) mass is 557 g/mol. The predicted octanol–water partition coefficient (Wildman–Crippen LogP) is 3.03. The van der Waals surface area contributed by atoms with Crippen molar-refractivity contribution in [2.24, 2.45) is 5.92 Å². The molecule has 2 fully saturated rings. The second-order valence-corrected chi connectivity index (χ2v) is 12.2. The molecule has 2 unspecified atom stereocenters. The van der Waals surface area contributed by atoms with Gasteiger partial charge in [-0.25, -0.2) is 17.1 Å². The van der Waals surface area contributed by atoms with Crippen molar-refractivity contribution in [1.82, 2.24) is 14.5 Å². The molecule has 2 atom stereocenters. The van der Waals surface area contributed by atoms with Gasteiger partial charge in [0.05, 0.1) is 12.2 Å². The van der Waals surface area contributed by atoms with Crippen LogP contribution in [-0.4, -0.2) is 67.7 Å². The lowest BCUT2D eigenvalue weighted by molar-refractivity contribution is -0.142. The van der Waals surface area contributed by atoms with E-state index in [0.717, 1.165) is 32.1 Å². The molecule has 1 aliphatic carbocycles. The van der Waals surface area contributed by atoms with Gasteiger partial charge in [-0.05, 0) is 49.1 Å². The van der Waals surface area contributed by atoms with Crippen LogP contribution >= 0.6 is 0 Å². The summed E-state index contributed by atoms with van der Waals surface area (Å²) in [7, 11) is -4.23. The van der Waals surface area contributed by atoms with E-state index in [-0.39, 0.29) is 29.0 Å². The van der Waals surface area contributed by atoms with Crippen LogP contribution in [-0.2, 0) is 24.3 Å². The van der Waals surface area contributed by atoms with Gasteiger partial charge in [0.2, 0.25) is 11.8 Å². The number of nitrogens with zero attached hydrogens (tertiary/aromatic N) is 2. The summed E-state index contributed by atoms with van der Waals surface area (Å²) in [6, 6.07) is 10.0. The third-order valence-electron chi connectivity index (χ3n) is 7.69. The minimum atomic E-state index is -4.23. The summed E-state index contributed by atoms with van der Waals surface area (Å²) in [6.45, 7) is 0.263. The Morgan fingerprint density at radius 1 is 1.05 bits per heavy atom. The zero-order chi connectivity index (χ0) is 27.6. The molecule has 39 heavy (non-hydrogen) atoms. The highest BCUT2D eigenvalue weighted by Gasteiger charge is 2.44. The number of hydrogen-bond donors (Lipinski definition) is 1. The fraction of sp³-hybridized carbons (Fsp3) is 0.464. The minimum absolute atomic E-state index is 0.00571. The molecule has 0 aromatic heterocycles. The molecule has 2 aliphatic heterocycles. The van der Waals surface area contributed by atoms with Crippen molar-refractivity contribution in [2.45, 2.75) is 55.5 Å². The Bertz CT molecular complexity index is 1340. The number of fused-ring (bicyclic) bond motifs is 1. The maximum Gasteiger partial charge on any atom is 0.269 e. The third kappa shape index (κ3) is 5.69. The molecule has 3 amide bonds. The number of rotatable bonds is 8. The quantitative estimate of drug-likeness (QED) is 0.534. The van der Waals surface area contributed by atoms with E-state index < -0.39 is 46.1 Å². The van der Waals surface area contributed by atoms with Crippen molar-refractivity contribution < 1.29 is 31.9 Å². The van der Waals surface area contributed by atoms with Crippen LogP contribution in [0.25, 0.3) is 0 Å². The van der Waals surface area contributed by atoms with Crippen LogP contribution in [0.1, 0.15) is 60.5 Å². The number of amides is 3. The lowest BCUT2D eigenvalue weighted by Crippen LogP contribution is -2.51. The molecule has 3 aliphatic rings. The fourth-order valence-corrected chi connectivity index (χ4v) is 7.12. The highest BCUT2D eigenvalue weighted by molar-refractivity contribution is 7.90. The summed E-state index contributed by atoms with van der Waals surface area (Å²) in [4.78, 5) is 41.9. The predicted molar refractivity (Wildman–Crippen MR) is 139 cm³/mol. The summed E-state index contributed by atoms with van der Waals surface area (Å²) in [5.74, 6) is -2.46. The van der Waals surface area contributed by atoms with Crippen LogP contribution in [0.3, 0.4) is 0 Å². The molecule has 0 spiro atoms. The molecule has 2 aromatic rings. The zero-order valence-corrected chi connectivity index (χ0v) is 22.4. The number of sulfonamides is 1. The van der Waals surface area contributed by atoms with E-state index in [0.29, 0.717) is 29.5 Å². The van der Waals surface area contributed by atoms with Gasteiger partial charge in [0, 0.05) is 25.1 Å².